The molecule has 102 valence electrons. The number of hydrogen-bond acceptors (Lipinski definition) is 3. The maximum absolute atomic E-state index is 12.4. The smallest absolute Gasteiger partial charge is 0.248 e. The number of carbonyl (C=O) groups excluding carboxylic acids is 2. The number of nitrogens with one attached hydrogen (secondary N) is 1. The van der Waals surface area contributed by atoms with E-state index in [4.69, 9.17) is 0 Å². The SMILES string of the molecule is CCC1(C)NC(=O)CN(C2CCS(=O)CC2)C1=O. The van der Waals surface area contributed by atoms with Gasteiger partial charge in [-0.15, -0.1) is 0 Å². The van der Waals surface area contributed by atoms with Gasteiger partial charge in [-0.05, 0) is 26.2 Å². The third kappa shape index (κ3) is 2.43. The van der Waals surface area contributed by atoms with E-state index in [-0.39, 0.29) is 24.4 Å². The minimum atomic E-state index is -0.772. The fourth-order valence-electron chi connectivity index (χ4n) is 2.57. The summed E-state index contributed by atoms with van der Waals surface area (Å²) in [5.41, 5.74) is -0.772. The summed E-state index contributed by atoms with van der Waals surface area (Å²) in [6, 6.07) is 0.0760. The van der Waals surface area contributed by atoms with E-state index in [1.807, 2.05) is 6.92 Å². The first kappa shape index (κ1) is 13.5. The van der Waals surface area contributed by atoms with Gasteiger partial charge >= 0.3 is 0 Å². The summed E-state index contributed by atoms with van der Waals surface area (Å²) in [6.45, 7) is 3.82. The monoisotopic (exact) mass is 272 g/mol. The van der Waals surface area contributed by atoms with E-state index in [1.54, 1.807) is 11.8 Å². The van der Waals surface area contributed by atoms with Crippen molar-refractivity contribution in [3.8, 4) is 0 Å². The van der Waals surface area contributed by atoms with Crippen LogP contribution in [0.25, 0.3) is 0 Å². The third-order valence-electron chi connectivity index (χ3n) is 3.97. The normalized spacial score (nSPS) is 37.6. The van der Waals surface area contributed by atoms with Crippen molar-refractivity contribution in [2.45, 2.75) is 44.7 Å². The van der Waals surface area contributed by atoms with Crippen LogP contribution in [0.5, 0.6) is 0 Å². The Morgan fingerprint density at radius 3 is 2.56 bits per heavy atom. The highest BCUT2D eigenvalue weighted by atomic mass is 32.2. The van der Waals surface area contributed by atoms with Crippen LogP contribution >= 0.6 is 0 Å². The second-order valence-corrected chi connectivity index (χ2v) is 6.94. The van der Waals surface area contributed by atoms with Crippen LogP contribution in [0, 0.1) is 0 Å². The van der Waals surface area contributed by atoms with Crippen molar-refractivity contribution in [3.63, 3.8) is 0 Å². The van der Waals surface area contributed by atoms with Crippen LogP contribution < -0.4 is 5.32 Å². The third-order valence-corrected chi connectivity index (χ3v) is 5.35. The summed E-state index contributed by atoms with van der Waals surface area (Å²) >= 11 is 0. The standard InChI is InChI=1S/C12H20N2O3S/c1-3-12(2)11(16)14(8-10(15)13-12)9-4-6-18(17)7-5-9/h9H,3-8H2,1-2H3,(H,13,15). The zero-order chi connectivity index (χ0) is 13.3. The summed E-state index contributed by atoms with van der Waals surface area (Å²) in [7, 11) is -0.745. The second kappa shape index (κ2) is 4.99. The Morgan fingerprint density at radius 1 is 1.39 bits per heavy atom. The Morgan fingerprint density at radius 2 is 2.00 bits per heavy atom. The molecular formula is C12H20N2O3S. The fourth-order valence-corrected chi connectivity index (χ4v) is 3.85. The molecular weight excluding hydrogens is 252 g/mol. The minimum absolute atomic E-state index is 0.00211. The molecule has 2 saturated heterocycles. The van der Waals surface area contributed by atoms with Crippen LogP contribution in [0.1, 0.15) is 33.1 Å². The largest absolute Gasteiger partial charge is 0.340 e. The van der Waals surface area contributed by atoms with Gasteiger partial charge in [0.2, 0.25) is 11.8 Å². The molecule has 0 aromatic rings. The van der Waals surface area contributed by atoms with Crippen molar-refractivity contribution >= 4 is 22.6 Å². The number of hydrogen-bond donors (Lipinski definition) is 1. The molecule has 1 N–H and O–H groups in total. The Kier molecular flexibility index (Phi) is 3.75. The predicted octanol–water partition coefficient (Wildman–Crippen LogP) is 0.0246. The van der Waals surface area contributed by atoms with E-state index >= 15 is 0 Å². The lowest BCUT2D eigenvalue weighted by molar-refractivity contribution is -0.152. The maximum Gasteiger partial charge on any atom is 0.248 e. The van der Waals surface area contributed by atoms with Crippen LogP contribution in [-0.2, 0) is 20.4 Å². The molecule has 0 bridgehead atoms. The first-order valence-corrected chi connectivity index (χ1v) is 7.92. The Hall–Kier alpha value is -0.910. The summed E-state index contributed by atoms with van der Waals surface area (Å²) < 4.78 is 11.3. The predicted molar refractivity (Wildman–Crippen MR) is 69.5 cm³/mol. The average Bonchev–Trinajstić information content (AvgIpc) is 2.35. The Bertz CT molecular complexity index is 389. The lowest BCUT2D eigenvalue weighted by Gasteiger charge is -2.43. The lowest BCUT2D eigenvalue weighted by atomic mass is 9.92. The van der Waals surface area contributed by atoms with Gasteiger partial charge in [-0.3, -0.25) is 13.8 Å². The molecule has 2 aliphatic rings. The molecule has 6 heteroatoms. The molecule has 2 heterocycles. The molecule has 0 spiro atoms. The van der Waals surface area contributed by atoms with E-state index in [9.17, 15) is 13.8 Å². The molecule has 1 atom stereocenters. The molecule has 2 amide bonds. The molecule has 2 fully saturated rings. The first-order valence-electron chi connectivity index (χ1n) is 6.43. The Balaban J connectivity index is 2.14. The molecule has 0 radical (unpaired) electrons. The van der Waals surface area contributed by atoms with Gasteiger partial charge in [0, 0.05) is 28.3 Å². The van der Waals surface area contributed by atoms with Gasteiger partial charge in [0.1, 0.15) is 5.54 Å². The molecule has 5 nitrogen and oxygen atoms in total. The molecule has 2 aliphatic heterocycles. The summed E-state index contributed by atoms with van der Waals surface area (Å²) in [5.74, 6) is 1.19. The Labute approximate surface area is 110 Å². The number of piperazine rings is 1. The minimum Gasteiger partial charge on any atom is -0.340 e. The highest BCUT2D eigenvalue weighted by molar-refractivity contribution is 7.85. The van der Waals surface area contributed by atoms with Crippen molar-refractivity contribution in [3.05, 3.63) is 0 Å². The van der Waals surface area contributed by atoms with Gasteiger partial charge in [0.05, 0.1) is 6.54 Å². The summed E-state index contributed by atoms with van der Waals surface area (Å²) in [4.78, 5) is 25.9. The van der Waals surface area contributed by atoms with Gasteiger partial charge in [-0.1, -0.05) is 6.92 Å². The zero-order valence-electron chi connectivity index (χ0n) is 10.9. The van der Waals surface area contributed by atoms with Gasteiger partial charge < -0.3 is 10.2 Å². The van der Waals surface area contributed by atoms with Crippen molar-refractivity contribution < 1.29 is 13.8 Å². The summed E-state index contributed by atoms with van der Waals surface area (Å²) in [6.07, 6.45) is 2.07. The lowest BCUT2D eigenvalue weighted by Crippen LogP contribution is -2.67. The van der Waals surface area contributed by atoms with E-state index in [0.717, 1.165) is 12.8 Å². The van der Waals surface area contributed by atoms with Crippen LogP contribution in [0.4, 0.5) is 0 Å². The molecule has 2 rings (SSSR count). The van der Waals surface area contributed by atoms with Crippen LogP contribution in [-0.4, -0.2) is 50.6 Å². The number of amides is 2. The molecule has 0 aromatic carbocycles. The van der Waals surface area contributed by atoms with E-state index < -0.39 is 16.3 Å². The van der Waals surface area contributed by atoms with Gasteiger partial charge in [-0.2, -0.15) is 0 Å². The van der Waals surface area contributed by atoms with Crippen molar-refractivity contribution in [1.82, 2.24) is 10.2 Å². The highest BCUT2D eigenvalue weighted by Crippen LogP contribution is 2.24. The average molecular weight is 272 g/mol. The quantitative estimate of drug-likeness (QED) is 0.771. The zero-order valence-corrected chi connectivity index (χ0v) is 11.7. The van der Waals surface area contributed by atoms with Gasteiger partial charge in [0.25, 0.3) is 0 Å². The fraction of sp³-hybridized carbons (Fsp3) is 0.833. The van der Waals surface area contributed by atoms with Gasteiger partial charge in [-0.25, -0.2) is 0 Å². The number of carbonyl (C=O) groups is 2. The first-order chi connectivity index (χ1) is 8.46. The topological polar surface area (TPSA) is 66.5 Å². The second-order valence-electron chi connectivity index (χ2n) is 5.25. The van der Waals surface area contributed by atoms with Crippen LogP contribution in [0.3, 0.4) is 0 Å². The van der Waals surface area contributed by atoms with E-state index in [1.165, 1.54) is 0 Å². The molecule has 0 aliphatic carbocycles. The highest BCUT2D eigenvalue weighted by Gasteiger charge is 2.44. The maximum atomic E-state index is 12.4. The van der Waals surface area contributed by atoms with Crippen molar-refractivity contribution in [1.29, 1.82) is 0 Å². The number of nitrogens with zero attached hydrogens (tertiary/aromatic N) is 1. The van der Waals surface area contributed by atoms with Crippen molar-refractivity contribution in [2.24, 2.45) is 0 Å². The molecule has 0 aromatic heterocycles. The molecule has 0 saturated carbocycles. The van der Waals surface area contributed by atoms with E-state index in [2.05, 4.69) is 5.32 Å². The van der Waals surface area contributed by atoms with E-state index in [0.29, 0.717) is 17.9 Å². The van der Waals surface area contributed by atoms with Crippen LogP contribution in [0.2, 0.25) is 0 Å². The molecule has 1 unspecified atom stereocenters. The number of rotatable bonds is 2. The summed E-state index contributed by atoms with van der Waals surface area (Å²) in [5, 5.41) is 2.78. The van der Waals surface area contributed by atoms with Gasteiger partial charge in [0.15, 0.2) is 0 Å². The van der Waals surface area contributed by atoms with Crippen molar-refractivity contribution in [2.75, 3.05) is 18.1 Å². The van der Waals surface area contributed by atoms with Crippen LogP contribution in [0.15, 0.2) is 0 Å². The molecule has 18 heavy (non-hydrogen) atoms.